The first kappa shape index (κ1) is 13.4. The number of aromatic nitrogens is 3. The molecule has 0 atom stereocenters. The van der Waals surface area contributed by atoms with Gasteiger partial charge in [0.25, 0.3) is 0 Å². The predicted octanol–water partition coefficient (Wildman–Crippen LogP) is 2.97. The van der Waals surface area contributed by atoms with E-state index in [2.05, 4.69) is 15.3 Å². The van der Waals surface area contributed by atoms with E-state index in [-0.39, 0.29) is 0 Å². The Morgan fingerprint density at radius 2 is 1.90 bits per heavy atom. The number of nitrogens with one attached hydrogen (secondary N) is 1. The monoisotopic (exact) mass is 282 g/mol. The van der Waals surface area contributed by atoms with Crippen molar-refractivity contribution in [3.63, 3.8) is 0 Å². The van der Waals surface area contributed by atoms with Crippen molar-refractivity contribution in [3.8, 4) is 5.75 Å². The van der Waals surface area contributed by atoms with Crippen LogP contribution in [0.1, 0.15) is 17.1 Å². The molecule has 3 aromatic rings. The summed E-state index contributed by atoms with van der Waals surface area (Å²) < 4.78 is 7.74. The molecule has 1 aromatic carbocycles. The van der Waals surface area contributed by atoms with Crippen molar-refractivity contribution in [1.29, 1.82) is 0 Å². The third kappa shape index (κ3) is 2.81. The summed E-state index contributed by atoms with van der Waals surface area (Å²) in [5, 5.41) is 3.08. The molecular formula is C16H18N4O. The second kappa shape index (κ2) is 5.44. The van der Waals surface area contributed by atoms with Crippen LogP contribution in [0, 0.1) is 13.8 Å². The zero-order valence-corrected chi connectivity index (χ0v) is 12.4. The molecule has 3 rings (SSSR count). The minimum atomic E-state index is 0.431. The van der Waals surface area contributed by atoms with Crippen LogP contribution >= 0.6 is 0 Å². The van der Waals surface area contributed by atoms with Gasteiger partial charge in [0.2, 0.25) is 5.78 Å². The molecule has 0 spiro atoms. The largest absolute Gasteiger partial charge is 0.487 e. The molecule has 2 heterocycles. The maximum Gasteiger partial charge on any atom is 0.234 e. The molecule has 0 fully saturated rings. The first-order chi connectivity index (χ1) is 10.2. The molecule has 5 nitrogen and oxygen atoms in total. The normalized spacial score (nSPS) is 10.8. The number of rotatable bonds is 4. The van der Waals surface area contributed by atoms with E-state index in [0.29, 0.717) is 6.61 Å². The zero-order chi connectivity index (χ0) is 14.8. The van der Waals surface area contributed by atoms with Gasteiger partial charge in [0.1, 0.15) is 12.4 Å². The third-order valence-electron chi connectivity index (χ3n) is 3.34. The molecule has 2 aromatic heterocycles. The summed E-state index contributed by atoms with van der Waals surface area (Å²) in [6.07, 6.45) is 1.97. The Labute approximate surface area is 123 Å². The fraction of sp³-hybridized carbons (Fsp3) is 0.250. The third-order valence-corrected chi connectivity index (χ3v) is 3.34. The standard InChI is InChI=1S/C16H18N4O/c1-11-8-12(2)20-9-14(19-16(20)18-11)10-21-15-6-4-13(17-3)5-7-15/h4-9,17H,10H2,1-3H3. The number of aryl methyl sites for hydroxylation is 2. The highest BCUT2D eigenvalue weighted by Gasteiger charge is 2.06. The lowest BCUT2D eigenvalue weighted by atomic mass is 10.3. The quantitative estimate of drug-likeness (QED) is 0.799. The number of imidazole rings is 1. The highest BCUT2D eigenvalue weighted by molar-refractivity contribution is 5.45. The molecule has 0 aliphatic heterocycles. The van der Waals surface area contributed by atoms with Crippen LogP contribution in [0.25, 0.3) is 5.78 Å². The van der Waals surface area contributed by atoms with Gasteiger partial charge in [-0.1, -0.05) is 0 Å². The lowest BCUT2D eigenvalue weighted by Crippen LogP contribution is -1.96. The average molecular weight is 282 g/mol. The van der Waals surface area contributed by atoms with E-state index in [1.54, 1.807) is 0 Å². The van der Waals surface area contributed by atoms with E-state index >= 15 is 0 Å². The Kier molecular flexibility index (Phi) is 3.48. The fourth-order valence-corrected chi connectivity index (χ4v) is 2.26. The highest BCUT2D eigenvalue weighted by Crippen LogP contribution is 2.17. The number of benzene rings is 1. The molecule has 0 saturated heterocycles. The van der Waals surface area contributed by atoms with Gasteiger partial charge in [-0.2, -0.15) is 0 Å². The molecule has 0 amide bonds. The smallest absolute Gasteiger partial charge is 0.234 e. The van der Waals surface area contributed by atoms with Crippen LogP contribution in [0.5, 0.6) is 5.75 Å². The van der Waals surface area contributed by atoms with Crippen molar-refractivity contribution in [1.82, 2.24) is 14.4 Å². The van der Waals surface area contributed by atoms with E-state index in [1.165, 1.54) is 0 Å². The minimum Gasteiger partial charge on any atom is -0.487 e. The molecule has 0 aliphatic rings. The van der Waals surface area contributed by atoms with Gasteiger partial charge in [-0.05, 0) is 44.2 Å². The SMILES string of the molecule is CNc1ccc(OCc2cn3c(C)cc(C)nc3n2)cc1. The number of hydrogen-bond acceptors (Lipinski definition) is 4. The van der Waals surface area contributed by atoms with Crippen molar-refractivity contribution < 1.29 is 4.74 Å². The van der Waals surface area contributed by atoms with Gasteiger partial charge < -0.3 is 10.1 Å². The lowest BCUT2D eigenvalue weighted by Gasteiger charge is -2.05. The van der Waals surface area contributed by atoms with Crippen LogP contribution in [-0.2, 0) is 6.61 Å². The molecule has 1 N–H and O–H groups in total. The van der Waals surface area contributed by atoms with Crippen molar-refractivity contribution in [2.24, 2.45) is 0 Å². The van der Waals surface area contributed by atoms with Gasteiger partial charge in [-0.25, -0.2) is 9.97 Å². The summed E-state index contributed by atoms with van der Waals surface area (Å²) in [5.41, 5.74) is 4.02. The van der Waals surface area contributed by atoms with Crippen LogP contribution in [0.15, 0.2) is 36.5 Å². The van der Waals surface area contributed by atoms with Crippen LogP contribution < -0.4 is 10.1 Å². The van der Waals surface area contributed by atoms with Crippen LogP contribution in [0.3, 0.4) is 0 Å². The maximum atomic E-state index is 5.76. The van der Waals surface area contributed by atoms with Crippen LogP contribution in [0.2, 0.25) is 0 Å². The van der Waals surface area contributed by atoms with E-state index < -0.39 is 0 Å². The maximum absolute atomic E-state index is 5.76. The topological polar surface area (TPSA) is 51.5 Å². The van der Waals surface area contributed by atoms with Crippen molar-refractivity contribution >= 4 is 11.5 Å². The molecule has 108 valence electrons. The number of fused-ring (bicyclic) bond motifs is 1. The number of ether oxygens (including phenoxy) is 1. The number of hydrogen-bond donors (Lipinski definition) is 1. The molecule has 21 heavy (non-hydrogen) atoms. The highest BCUT2D eigenvalue weighted by atomic mass is 16.5. The Morgan fingerprint density at radius 1 is 1.14 bits per heavy atom. The van der Waals surface area contributed by atoms with Gasteiger partial charge in [0.05, 0.1) is 5.69 Å². The van der Waals surface area contributed by atoms with Crippen LogP contribution in [0.4, 0.5) is 5.69 Å². The van der Waals surface area contributed by atoms with E-state index in [0.717, 1.165) is 34.3 Å². The van der Waals surface area contributed by atoms with Crippen molar-refractivity contribution in [3.05, 3.63) is 53.6 Å². The molecule has 0 saturated carbocycles. The molecule has 0 radical (unpaired) electrons. The molecule has 5 heteroatoms. The summed E-state index contributed by atoms with van der Waals surface area (Å²) in [7, 11) is 1.89. The Morgan fingerprint density at radius 3 is 2.62 bits per heavy atom. The molecule has 0 unspecified atom stereocenters. The first-order valence-corrected chi connectivity index (χ1v) is 6.88. The van der Waals surface area contributed by atoms with E-state index in [1.807, 2.05) is 61.8 Å². The average Bonchev–Trinajstić information content (AvgIpc) is 2.89. The van der Waals surface area contributed by atoms with Gasteiger partial charge in [0.15, 0.2) is 0 Å². The Hall–Kier alpha value is -2.56. The van der Waals surface area contributed by atoms with Crippen molar-refractivity contribution in [2.45, 2.75) is 20.5 Å². The van der Waals surface area contributed by atoms with Gasteiger partial charge >= 0.3 is 0 Å². The lowest BCUT2D eigenvalue weighted by molar-refractivity contribution is 0.302. The van der Waals surface area contributed by atoms with Crippen LogP contribution in [-0.4, -0.2) is 21.4 Å². The van der Waals surface area contributed by atoms with Gasteiger partial charge in [-0.3, -0.25) is 4.40 Å². The second-order valence-electron chi connectivity index (χ2n) is 5.00. The Bertz CT molecular complexity index is 762. The summed E-state index contributed by atoms with van der Waals surface area (Å²) in [6, 6.07) is 9.88. The van der Waals surface area contributed by atoms with Gasteiger partial charge in [-0.15, -0.1) is 0 Å². The summed E-state index contributed by atoms with van der Waals surface area (Å²) in [6.45, 7) is 4.45. The summed E-state index contributed by atoms with van der Waals surface area (Å²) >= 11 is 0. The number of anilines is 1. The Balaban J connectivity index is 1.77. The van der Waals surface area contributed by atoms with E-state index in [9.17, 15) is 0 Å². The van der Waals surface area contributed by atoms with E-state index in [4.69, 9.17) is 4.74 Å². The summed E-state index contributed by atoms with van der Waals surface area (Å²) in [4.78, 5) is 8.92. The molecule has 0 aliphatic carbocycles. The molecular weight excluding hydrogens is 264 g/mol. The first-order valence-electron chi connectivity index (χ1n) is 6.88. The second-order valence-corrected chi connectivity index (χ2v) is 5.00. The van der Waals surface area contributed by atoms with Crippen molar-refractivity contribution in [2.75, 3.05) is 12.4 Å². The zero-order valence-electron chi connectivity index (χ0n) is 12.4. The molecule has 0 bridgehead atoms. The fourth-order valence-electron chi connectivity index (χ4n) is 2.26. The minimum absolute atomic E-state index is 0.431. The summed E-state index contributed by atoms with van der Waals surface area (Å²) in [5.74, 6) is 1.54. The number of nitrogens with zero attached hydrogens (tertiary/aromatic N) is 3. The van der Waals surface area contributed by atoms with Gasteiger partial charge in [0, 0.05) is 30.3 Å². The predicted molar refractivity (Wildman–Crippen MR) is 82.8 cm³/mol.